The van der Waals surface area contributed by atoms with E-state index in [1.165, 1.54) is 10.4 Å². The second kappa shape index (κ2) is 7.97. The van der Waals surface area contributed by atoms with E-state index in [1.807, 2.05) is 6.07 Å². The SMILES string of the molecule is CCCNC(c1ccc(Br)s1)c1ccccc1OC(C)C. The normalized spacial score (nSPS) is 12.6. The van der Waals surface area contributed by atoms with E-state index < -0.39 is 0 Å². The molecule has 1 atom stereocenters. The monoisotopic (exact) mass is 367 g/mol. The van der Waals surface area contributed by atoms with Crippen molar-refractivity contribution in [3.8, 4) is 5.75 Å². The number of ether oxygens (including phenoxy) is 1. The van der Waals surface area contributed by atoms with Gasteiger partial charge in [-0.1, -0.05) is 25.1 Å². The van der Waals surface area contributed by atoms with Crippen LogP contribution in [0.15, 0.2) is 40.2 Å². The van der Waals surface area contributed by atoms with Gasteiger partial charge < -0.3 is 10.1 Å². The van der Waals surface area contributed by atoms with Crippen LogP contribution in [0.25, 0.3) is 0 Å². The predicted octanol–water partition coefficient (Wildman–Crippen LogP) is 5.39. The minimum Gasteiger partial charge on any atom is -0.491 e. The molecule has 1 heterocycles. The molecule has 0 aliphatic rings. The third-order valence-corrected chi connectivity index (χ3v) is 4.76. The summed E-state index contributed by atoms with van der Waals surface area (Å²) in [6.45, 7) is 7.29. The highest BCUT2D eigenvalue weighted by molar-refractivity contribution is 9.11. The minimum atomic E-state index is 0.174. The fourth-order valence-corrected chi connectivity index (χ4v) is 3.73. The third kappa shape index (κ3) is 4.56. The van der Waals surface area contributed by atoms with Crippen molar-refractivity contribution in [3.05, 3.63) is 50.6 Å². The van der Waals surface area contributed by atoms with Crippen LogP contribution in [0.3, 0.4) is 0 Å². The third-order valence-electron chi connectivity index (χ3n) is 3.07. The van der Waals surface area contributed by atoms with Gasteiger partial charge in [0.25, 0.3) is 0 Å². The highest BCUT2D eigenvalue weighted by Gasteiger charge is 2.19. The predicted molar refractivity (Wildman–Crippen MR) is 94.4 cm³/mol. The molecule has 0 amide bonds. The Bertz CT molecular complexity index is 567. The maximum atomic E-state index is 5.99. The molecule has 0 radical (unpaired) electrons. The lowest BCUT2D eigenvalue weighted by Gasteiger charge is -2.22. The molecule has 0 aliphatic heterocycles. The maximum absolute atomic E-state index is 5.99. The van der Waals surface area contributed by atoms with E-state index in [4.69, 9.17) is 4.74 Å². The lowest BCUT2D eigenvalue weighted by Crippen LogP contribution is -2.23. The summed E-state index contributed by atoms with van der Waals surface area (Å²) in [5, 5.41) is 3.64. The first-order chi connectivity index (χ1) is 10.1. The van der Waals surface area contributed by atoms with Gasteiger partial charge in [0.15, 0.2) is 0 Å². The molecule has 1 N–H and O–H groups in total. The quantitative estimate of drug-likeness (QED) is 0.708. The van der Waals surface area contributed by atoms with E-state index in [0.29, 0.717) is 0 Å². The van der Waals surface area contributed by atoms with Crippen LogP contribution in [-0.4, -0.2) is 12.6 Å². The topological polar surface area (TPSA) is 21.3 Å². The van der Waals surface area contributed by atoms with Gasteiger partial charge in [-0.2, -0.15) is 0 Å². The van der Waals surface area contributed by atoms with Gasteiger partial charge in [0.1, 0.15) is 5.75 Å². The fourth-order valence-electron chi connectivity index (χ4n) is 2.22. The molecule has 1 aromatic carbocycles. The van der Waals surface area contributed by atoms with Gasteiger partial charge >= 0.3 is 0 Å². The summed E-state index contributed by atoms with van der Waals surface area (Å²) in [6.07, 6.45) is 1.28. The van der Waals surface area contributed by atoms with Crippen molar-refractivity contribution in [1.82, 2.24) is 5.32 Å². The minimum absolute atomic E-state index is 0.174. The highest BCUT2D eigenvalue weighted by Crippen LogP contribution is 2.35. The number of hydrogen-bond donors (Lipinski definition) is 1. The smallest absolute Gasteiger partial charge is 0.124 e. The van der Waals surface area contributed by atoms with Crippen LogP contribution in [-0.2, 0) is 0 Å². The molecule has 114 valence electrons. The molecule has 21 heavy (non-hydrogen) atoms. The first-order valence-corrected chi connectivity index (χ1v) is 8.97. The molecular formula is C17H22BrNOS. The molecular weight excluding hydrogens is 346 g/mol. The van der Waals surface area contributed by atoms with Crippen molar-refractivity contribution in [1.29, 1.82) is 0 Å². The summed E-state index contributed by atoms with van der Waals surface area (Å²) in [4.78, 5) is 1.30. The van der Waals surface area contributed by atoms with Crippen LogP contribution in [0.5, 0.6) is 5.75 Å². The number of rotatable bonds is 7. The van der Waals surface area contributed by atoms with Gasteiger partial charge in [-0.25, -0.2) is 0 Å². The molecule has 0 saturated heterocycles. The number of halogens is 1. The zero-order valence-corrected chi connectivity index (χ0v) is 15.1. The number of nitrogens with one attached hydrogen (secondary N) is 1. The molecule has 1 aromatic heterocycles. The molecule has 4 heteroatoms. The Hall–Kier alpha value is -0.840. The zero-order valence-electron chi connectivity index (χ0n) is 12.7. The van der Waals surface area contributed by atoms with Crippen LogP contribution in [0, 0.1) is 0 Å². The van der Waals surface area contributed by atoms with E-state index in [2.05, 4.69) is 72.3 Å². The number of benzene rings is 1. The van der Waals surface area contributed by atoms with Crippen molar-refractivity contribution in [3.63, 3.8) is 0 Å². The van der Waals surface area contributed by atoms with Crippen molar-refractivity contribution in [2.45, 2.75) is 39.3 Å². The second-order valence-electron chi connectivity index (χ2n) is 5.23. The largest absolute Gasteiger partial charge is 0.491 e. The van der Waals surface area contributed by atoms with Gasteiger partial charge in [-0.3, -0.25) is 0 Å². The van der Waals surface area contributed by atoms with Crippen LogP contribution in [0.4, 0.5) is 0 Å². The Morgan fingerprint density at radius 3 is 2.57 bits per heavy atom. The van der Waals surface area contributed by atoms with Crippen LogP contribution in [0.1, 0.15) is 43.7 Å². The number of hydrogen-bond acceptors (Lipinski definition) is 3. The van der Waals surface area contributed by atoms with Crippen LogP contribution in [0.2, 0.25) is 0 Å². The summed E-state index contributed by atoms with van der Waals surface area (Å²) in [6, 6.07) is 12.8. The molecule has 2 rings (SSSR count). The summed E-state index contributed by atoms with van der Waals surface area (Å²) in [5.74, 6) is 0.964. The first-order valence-electron chi connectivity index (χ1n) is 7.36. The fraction of sp³-hybridized carbons (Fsp3) is 0.412. The number of thiophene rings is 1. The van der Waals surface area contributed by atoms with Crippen molar-refractivity contribution >= 4 is 27.3 Å². The van der Waals surface area contributed by atoms with Crippen molar-refractivity contribution in [2.75, 3.05) is 6.54 Å². The Kier molecular flexibility index (Phi) is 6.27. The summed E-state index contributed by atoms with van der Waals surface area (Å²) in [7, 11) is 0. The van der Waals surface area contributed by atoms with Crippen molar-refractivity contribution in [2.24, 2.45) is 0 Å². The van der Waals surface area contributed by atoms with E-state index in [9.17, 15) is 0 Å². The van der Waals surface area contributed by atoms with Gasteiger partial charge in [0, 0.05) is 10.4 Å². The Balaban J connectivity index is 2.36. The number of para-hydroxylation sites is 1. The molecule has 0 spiro atoms. The van der Waals surface area contributed by atoms with Gasteiger partial charge in [-0.15, -0.1) is 11.3 Å². The van der Waals surface area contributed by atoms with Gasteiger partial charge in [-0.05, 0) is 60.9 Å². The lowest BCUT2D eigenvalue weighted by atomic mass is 10.0. The lowest BCUT2D eigenvalue weighted by molar-refractivity contribution is 0.238. The van der Waals surface area contributed by atoms with E-state index in [1.54, 1.807) is 11.3 Å². The standard InChI is InChI=1S/C17H22BrNOS/c1-4-11-19-17(15-9-10-16(18)21-15)13-7-5-6-8-14(13)20-12(2)3/h5-10,12,17,19H,4,11H2,1-3H3. The average molecular weight is 368 g/mol. The molecule has 1 unspecified atom stereocenters. The molecule has 0 fully saturated rings. The summed E-state index contributed by atoms with van der Waals surface area (Å²) < 4.78 is 7.14. The van der Waals surface area contributed by atoms with Gasteiger partial charge in [0.2, 0.25) is 0 Å². The second-order valence-corrected chi connectivity index (χ2v) is 7.73. The van der Waals surface area contributed by atoms with E-state index >= 15 is 0 Å². The Labute approximate surface area is 139 Å². The molecule has 2 nitrogen and oxygen atoms in total. The Morgan fingerprint density at radius 1 is 1.19 bits per heavy atom. The zero-order chi connectivity index (χ0) is 15.2. The van der Waals surface area contributed by atoms with E-state index in [0.717, 1.165) is 22.5 Å². The van der Waals surface area contributed by atoms with E-state index in [-0.39, 0.29) is 12.1 Å². The molecule has 0 aliphatic carbocycles. The first kappa shape index (κ1) is 16.5. The Morgan fingerprint density at radius 2 is 1.95 bits per heavy atom. The van der Waals surface area contributed by atoms with Crippen LogP contribution >= 0.6 is 27.3 Å². The molecule has 0 saturated carbocycles. The molecule has 0 bridgehead atoms. The van der Waals surface area contributed by atoms with Crippen molar-refractivity contribution < 1.29 is 4.74 Å². The molecule has 2 aromatic rings. The summed E-state index contributed by atoms with van der Waals surface area (Å²) in [5.41, 5.74) is 1.20. The highest BCUT2D eigenvalue weighted by atomic mass is 79.9. The maximum Gasteiger partial charge on any atom is 0.124 e. The van der Waals surface area contributed by atoms with Crippen LogP contribution < -0.4 is 10.1 Å². The summed E-state index contributed by atoms with van der Waals surface area (Å²) >= 11 is 5.33. The average Bonchev–Trinajstić information content (AvgIpc) is 2.87. The van der Waals surface area contributed by atoms with Gasteiger partial charge in [0.05, 0.1) is 15.9 Å².